The van der Waals surface area contributed by atoms with Gasteiger partial charge < -0.3 is 30.7 Å². The molecule has 5 rings (SSSR count). The van der Waals surface area contributed by atoms with Gasteiger partial charge >= 0.3 is 7.60 Å². The Morgan fingerprint density at radius 3 is 2.43 bits per heavy atom. The van der Waals surface area contributed by atoms with E-state index >= 15 is 0 Å². The summed E-state index contributed by atoms with van der Waals surface area (Å²) in [5.74, 6) is -0.517. The fourth-order valence-corrected chi connectivity index (χ4v) is 5.87. The van der Waals surface area contributed by atoms with Gasteiger partial charge in [0.15, 0.2) is 23.8 Å². The first-order valence-corrected chi connectivity index (χ1v) is 16.6. The molecule has 1 unspecified atom stereocenters. The zero-order valence-corrected chi connectivity index (χ0v) is 26.5. The molecule has 17 heteroatoms. The van der Waals surface area contributed by atoms with Gasteiger partial charge in [-0.05, 0) is 42.3 Å². The van der Waals surface area contributed by atoms with Crippen molar-refractivity contribution in [3.63, 3.8) is 0 Å². The van der Waals surface area contributed by atoms with E-state index in [1.165, 1.54) is 36.3 Å². The Hall–Kier alpha value is -4.73. The molecular formula is C30H35N8O8P. The summed E-state index contributed by atoms with van der Waals surface area (Å²) in [6, 6.07) is 14.0. The topological polar surface area (TPSA) is 221 Å². The quantitative estimate of drug-likeness (QED) is 0.0698. The molecule has 47 heavy (non-hydrogen) atoms. The number of nitrogens with two attached hydrogens (primary N) is 1. The minimum Gasteiger partial charge on any atom is -0.386 e. The molecule has 1 aliphatic heterocycles. The van der Waals surface area contributed by atoms with Gasteiger partial charge in [-0.1, -0.05) is 31.2 Å². The number of non-ortho nitro benzene ring substituents is 1. The second-order valence-electron chi connectivity index (χ2n) is 10.7. The van der Waals surface area contributed by atoms with Crippen molar-refractivity contribution in [2.75, 3.05) is 36.4 Å². The van der Waals surface area contributed by atoms with Crippen LogP contribution in [0.5, 0.6) is 0 Å². The zero-order chi connectivity index (χ0) is 33.7. The smallest absolute Gasteiger partial charge is 0.328 e. The monoisotopic (exact) mass is 666 g/mol. The van der Waals surface area contributed by atoms with Crippen LogP contribution in [0.3, 0.4) is 0 Å². The SMILES string of the molecule is CCN(CCNC(=O)[C@H]1O[C@@H](n2cnc3c(N)ncnc32)[C@H](O)[C@@H]1OP(=O)(O)CC)c1ccc(/C=C/c2ccc([N+](=O)[O-])cc2)cc1. The van der Waals surface area contributed by atoms with Gasteiger partial charge in [0.05, 0.1) is 11.3 Å². The molecule has 0 saturated carbocycles. The number of rotatable bonds is 13. The average Bonchev–Trinajstić information content (AvgIpc) is 3.64. The Morgan fingerprint density at radius 2 is 1.81 bits per heavy atom. The average molecular weight is 667 g/mol. The van der Waals surface area contributed by atoms with Crippen LogP contribution >= 0.6 is 7.60 Å². The van der Waals surface area contributed by atoms with E-state index in [0.717, 1.165) is 16.8 Å². The lowest BCUT2D eigenvalue weighted by Gasteiger charge is -2.25. The van der Waals surface area contributed by atoms with Crippen LogP contribution < -0.4 is 16.0 Å². The van der Waals surface area contributed by atoms with E-state index in [-0.39, 0.29) is 35.4 Å². The molecule has 2 aromatic heterocycles. The first-order valence-electron chi connectivity index (χ1n) is 14.8. The van der Waals surface area contributed by atoms with Gasteiger partial charge in [0.1, 0.15) is 24.1 Å². The van der Waals surface area contributed by atoms with Crippen LogP contribution in [0.1, 0.15) is 31.2 Å². The van der Waals surface area contributed by atoms with Gasteiger partial charge in [-0.15, -0.1) is 0 Å². The lowest BCUT2D eigenvalue weighted by Crippen LogP contribution is -2.46. The van der Waals surface area contributed by atoms with Gasteiger partial charge in [-0.25, -0.2) is 15.0 Å². The molecule has 248 valence electrons. The number of ether oxygens (including phenoxy) is 1. The second-order valence-corrected chi connectivity index (χ2v) is 12.8. The summed E-state index contributed by atoms with van der Waals surface area (Å²) in [4.78, 5) is 48.3. The fraction of sp³-hybridized carbons (Fsp3) is 0.333. The van der Waals surface area contributed by atoms with Crippen molar-refractivity contribution in [1.29, 1.82) is 0 Å². The highest BCUT2D eigenvalue weighted by Crippen LogP contribution is 2.47. The summed E-state index contributed by atoms with van der Waals surface area (Å²) >= 11 is 0. The zero-order valence-electron chi connectivity index (χ0n) is 25.6. The number of nitro groups is 1. The number of carbonyl (C=O) groups is 1. The third-order valence-corrected chi connectivity index (χ3v) is 9.08. The highest BCUT2D eigenvalue weighted by molar-refractivity contribution is 7.52. The number of amides is 1. The molecule has 0 aliphatic carbocycles. The van der Waals surface area contributed by atoms with Crippen molar-refractivity contribution >= 4 is 54.0 Å². The van der Waals surface area contributed by atoms with Gasteiger partial charge in [0.25, 0.3) is 11.6 Å². The summed E-state index contributed by atoms with van der Waals surface area (Å²) in [5.41, 5.74) is 9.11. The number of aliphatic hydroxyl groups excluding tert-OH is 1. The van der Waals surface area contributed by atoms with Gasteiger partial charge in [-0.3, -0.25) is 28.6 Å². The predicted octanol–water partition coefficient (Wildman–Crippen LogP) is 2.98. The molecule has 1 fully saturated rings. The number of aliphatic hydroxyl groups is 1. The first-order chi connectivity index (χ1) is 22.5. The highest BCUT2D eigenvalue weighted by Gasteiger charge is 2.51. The summed E-state index contributed by atoms with van der Waals surface area (Å²) in [5, 5.41) is 24.8. The Kier molecular flexibility index (Phi) is 10.3. The van der Waals surface area contributed by atoms with Crippen LogP contribution in [0.25, 0.3) is 23.3 Å². The van der Waals surface area contributed by atoms with Gasteiger partial charge in [0, 0.05) is 43.6 Å². The van der Waals surface area contributed by atoms with Crippen LogP contribution in [0.2, 0.25) is 0 Å². The van der Waals surface area contributed by atoms with Crippen molar-refractivity contribution in [1.82, 2.24) is 24.8 Å². The van der Waals surface area contributed by atoms with Crippen molar-refractivity contribution in [3.05, 3.63) is 82.4 Å². The minimum atomic E-state index is -4.14. The number of anilines is 2. The number of carbonyl (C=O) groups excluding carboxylic acids is 1. The van der Waals surface area contributed by atoms with Gasteiger partial charge in [-0.2, -0.15) is 0 Å². The van der Waals surface area contributed by atoms with E-state index in [9.17, 15) is 29.5 Å². The van der Waals surface area contributed by atoms with E-state index in [1.807, 2.05) is 48.2 Å². The standard InChI is InChI=1S/C30H35N8O8P/c1-3-36(21-11-7-19(8-12-21)5-6-20-9-13-22(14-10-20)38(41)42)16-15-32-29(40)26-25(46-47(43,44)4-2)24(39)30(45-26)37-18-35-23-27(31)33-17-34-28(23)37/h5-14,17-18,24-26,30,39H,3-4,15-16H2,1-2H3,(H,32,40)(H,43,44)(H2,31,33,34)/b6-5+/t24-,25+,26+,30-/m1/s1. The summed E-state index contributed by atoms with van der Waals surface area (Å²) in [7, 11) is -4.14. The fourth-order valence-electron chi connectivity index (χ4n) is 5.11. The number of imidazole rings is 1. The van der Waals surface area contributed by atoms with Crippen LogP contribution in [-0.2, 0) is 18.6 Å². The molecule has 4 aromatic rings. The highest BCUT2D eigenvalue weighted by atomic mass is 31.2. The largest absolute Gasteiger partial charge is 0.386 e. The normalized spacial score (nSPS) is 20.8. The van der Waals surface area contributed by atoms with E-state index in [4.69, 9.17) is 15.0 Å². The number of aromatic nitrogens is 4. The predicted molar refractivity (Wildman–Crippen MR) is 174 cm³/mol. The molecule has 1 aliphatic rings. The maximum atomic E-state index is 13.4. The number of hydrogen-bond acceptors (Lipinski definition) is 12. The number of benzene rings is 2. The Balaban J connectivity index is 1.23. The Bertz CT molecular complexity index is 1800. The summed E-state index contributed by atoms with van der Waals surface area (Å²) in [6.07, 6.45) is 0.473. The summed E-state index contributed by atoms with van der Waals surface area (Å²) in [6.45, 7) is 4.71. The number of fused-ring (bicyclic) bond motifs is 1. The molecule has 1 amide bonds. The number of hydrogen-bond donors (Lipinski definition) is 4. The molecule has 16 nitrogen and oxygen atoms in total. The van der Waals surface area contributed by atoms with Crippen LogP contribution in [0.15, 0.2) is 61.2 Å². The van der Waals surface area contributed by atoms with Crippen molar-refractivity contribution in [2.45, 2.75) is 38.4 Å². The van der Waals surface area contributed by atoms with Crippen molar-refractivity contribution in [3.8, 4) is 0 Å². The number of nitrogen functional groups attached to an aromatic ring is 1. The van der Waals surface area contributed by atoms with E-state index in [1.54, 1.807) is 12.1 Å². The van der Waals surface area contributed by atoms with Crippen LogP contribution in [0.4, 0.5) is 17.2 Å². The molecule has 5 N–H and O–H groups in total. The third kappa shape index (κ3) is 7.64. The van der Waals surface area contributed by atoms with E-state index < -0.39 is 43.0 Å². The number of nitrogens with zero attached hydrogens (tertiary/aromatic N) is 6. The molecule has 1 saturated heterocycles. The minimum absolute atomic E-state index is 0.0326. The molecule has 0 spiro atoms. The van der Waals surface area contributed by atoms with Crippen LogP contribution in [-0.4, -0.2) is 84.5 Å². The van der Waals surface area contributed by atoms with Crippen molar-refractivity contribution < 1.29 is 33.5 Å². The number of nitrogens with one attached hydrogen (secondary N) is 1. The van der Waals surface area contributed by atoms with Crippen LogP contribution in [0, 0.1) is 10.1 Å². The number of nitro benzene ring substituents is 1. The lowest BCUT2D eigenvalue weighted by atomic mass is 10.1. The summed E-state index contributed by atoms with van der Waals surface area (Å²) < 4.78 is 25.2. The molecule has 0 bridgehead atoms. The second kappa shape index (κ2) is 14.4. The Labute approximate surface area is 269 Å². The van der Waals surface area contributed by atoms with E-state index in [0.29, 0.717) is 13.1 Å². The van der Waals surface area contributed by atoms with Gasteiger partial charge in [0.2, 0.25) is 0 Å². The lowest BCUT2D eigenvalue weighted by molar-refractivity contribution is -0.384. The Morgan fingerprint density at radius 1 is 1.15 bits per heavy atom. The van der Waals surface area contributed by atoms with E-state index in [2.05, 4.69) is 20.3 Å². The first kappa shape index (κ1) is 33.6. The number of likely N-dealkylation sites (N-methyl/N-ethyl adjacent to an activating group) is 1. The molecule has 5 atom stereocenters. The molecular weight excluding hydrogens is 631 g/mol. The maximum absolute atomic E-state index is 13.4. The third-order valence-electron chi connectivity index (χ3n) is 7.71. The molecule has 3 heterocycles. The maximum Gasteiger partial charge on any atom is 0.328 e. The molecule has 0 radical (unpaired) electrons. The van der Waals surface area contributed by atoms with Crippen molar-refractivity contribution in [2.24, 2.45) is 0 Å². The molecule has 2 aromatic carbocycles.